The zero-order valence-electron chi connectivity index (χ0n) is 15.8. The fraction of sp³-hybridized carbons (Fsp3) is 0.476. The Hall–Kier alpha value is -2.63. The van der Waals surface area contributed by atoms with Crippen LogP contribution in [0.25, 0.3) is 0 Å². The molecular formula is C21H26N4O2. The van der Waals surface area contributed by atoms with Crippen LogP contribution in [-0.2, 0) is 0 Å². The maximum atomic E-state index is 12.7. The summed E-state index contributed by atoms with van der Waals surface area (Å²) in [5.74, 6) is 1.56. The highest BCUT2D eigenvalue weighted by molar-refractivity contribution is 5.94. The van der Waals surface area contributed by atoms with Crippen molar-refractivity contribution in [2.75, 3.05) is 31.1 Å². The molecule has 2 aliphatic rings. The Bertz CT molecular complexity index is 825. The molecule has 2 aliphatic heterocycles. The molecule has 1 N–H and O–H groups in total. The molecule has 3 heterocycles. The average Bonchev–Trinajstić information content (AvgIpc) is 3.25. The Morgan fingerprint density at radius 3 is 2.52 bits per heavy atom. The second-order valence-electron chi connectivity index (χ2n) is 7.56. The van der Waals surface area contributed by atoms with E-state index in [0.29, 0.717) is 24.6 Å². The van der Waals surface area contributed by atoms with Gasteiger partial charge in [-0.15, -0.1) is 0 Å². The van der Waals surface area contributed by atoms with Gasteiger partial charge in [0.25, 0.3) is 5.91 Å². The molecular weight excluding hydrogens is 340 g/mol. The number of aryl methyl sites for hydroxylation is 1. The number of nitrogens with zero attached hydrogens (tertiary/aromatic N) is 4. The molecule has 0 bridgehead atoms. The Labute approximate surface area is 159 Å². The van der Waals surface area contributed by atoms with Gasteiger partial charge in [-0.3, -0.25) is 4.79 Å². The van der Waals surface area contributed by atoms with Crippen molar-refractivity contribution in [1.82, 2.24) is 14.9 Å². The number of hydrogen-bond acceptors (Lipinski definition) is 5. The molecule has 0 unspecified atom stereocenters. The van der Waals surface area contributed by atoms with Gasteiger partial charge in [-0.2, -0.15) is 0 Å². The second-order valence-corrected chi connectivity index (χ2v) is 7.56. The van der Waals surface area contributed by atoms with E-state index in [1.165, 1.54) is 12.8 Å². The van der Waals surface area contributed by atoms with Crippen LogP contribution < -0.4 is 4.90 Å². The summed E-state index contributed by atoms with van der Waals surface area (Å²) >= 11 is 0. The summed E-state index contributed by atoms with van der Waals surface area (Å²) in [6.45, 7) is 5.40. The fourth-order valence-corrected chi connectivity index (χ4v) is 4.01. The van der Waals surface area contributed by atoms with Crippen LogP contribution in [0.2, 0.25) is 0 Å². The Morgan fingerprint density at radius 2 is 1.81 bits per heavy atom. The van der Waals surface area contributed by atoms with Crippen molar-refractivity contribution in [3.63, 3.8) is 0 Å². The van der Waals surface area contributed by atoms with Crippen LogP contribution in [0, 0.1) is 6.92 Å². The number of anilines is 1. The molecule has 1 aromatic carbocycles. The van der Waals surface area contributed by atoms with Crippen LogP contribution in [0.3, 0.4) is 0 Å². The van der Waals surface area contributed by atoms with Gasteiger partial charge in [0.1, 0.15) is 17.9 Å². The number of amides is 1. The Morgan fingerprint density at radius 1 is 1.07 bits per heavy atom. The highest BCUT2D eigenvalue weighted by Crippen LogP contribution is 2.30. The lowest BCUT2D eigenvalue weighted by Crippen LogP contribution is -2.38. The first-order chi connectivity index (χ1) is 13.1. The Balaban J connectivity index is 1.40. The number of aromatic nitrogens is 2. The Kier molecular flexibility index (Phi) is 4.97. The SMILES string of the molecule is Cc1ccc(C(=O)N2CCC(c3cc(N4CCCC4)ncn3)CC2)cc1O. The second kappa shape index (κ2) is 7.55. The molecule has 0 aliphatic carbocycles. The monoisotopic (exact) mass is 366 g/mol. The number of carbonyl (C=O) groups is 1. The maximum Gasteiger partial charge on any atom is 0.253 e. The quantitative estimate of drug-likeness (QED) is 0.904. The number of benzene rings is 1. The summed E-state index contributed by atoms with van der Waals surface area (Å²) in [4.78, 5) is 25.9. The van der Waals surface area contributed by atoms with E-state index in [2.05, 4.69) is 20.9 Å². The normalized spacial score (nSPS) is 18.1. The molecule has 6 heteroatoms. The lowest BCUT2D eigenvalue weighted by atomic mass is 9.92. The van der Waals surface area contributed by atoms with Crippen LogP contribution in [0.5, 0.6) is 5.75 Å². The topological polar surface area (TPSA) is 69.6 Å². The minimum Gasteiger partial charge on any atom is -0.508 e. The van der Waals surface area contributed by atoms with E-state index < -0.39 is 0 Å². The number of hydrogen-bond donors (Lipinski definition) is 1. The van der Waals surface area contributed by atoms with Crippen molar-refractivity contribution in [3.8, 4) is 5.75 Å². The van der Waals surface area contributed by atoms with Crippen molar-refractivity contribution < 1.29 is 9.90 Å². The van der Waals surface area contributed by atoms with E-state index in [1.807, 2.05) is 11.8 Å². The lowest BCUT2D eigenvalue weighted by molar-refractivity contribution is 0.0711. The molecule has 2 fully saturated rings. The number of rotatable bonds is 3. The molecule has 2 saturated heterocycles. The zero-order chi connectivity index (χ0) is 18.8. The fourth-order valence-electron chi connectivity index (χ4n) is 4.01. The van der Waals surface area contributed by atoms with Gasteiger partial charge in [-0.05, 0) is 50.3 Å². The molecule has 1 aromatic heterocycles. The van der Waals surface area contributed by atoms with Gasteiger partial charge in [0.05, 0.1) is 0 Å². The number of carbonyl (C=O) groups excluding carboxylic acids is 1. The third-order valence-corrected chi connectivity index (χ3v) is 5.76. The van der Waals surface area contributed by atoms with Crippen molar-refractivity contribution in [2.45, 2.75) is 38.5 Å². The number of aromatic hydroxyl groups is 1. The van der Waals surface area contributed by atoms with Gasteiger partial charge in [-0.25, -0.2) is 9.97 Å². The minimum atomic E-state index is -0.0100. The molecule has 1 amide bonds. The smallest absolute Gasteiger partial charge is 0.253 e. The summed E-state index contributed by atoms with van der Waals surface area (Å²) < 4.78 is 0. The zero-order valence-corrected chi connectivity index (χ0v) is 15.8. The summed E-state index contributed by atoms with van der Waals surface area (Å²) in [5.41, 5.74) is 2.42. The van der Waals surface area contributed by atoms with E-state index in [9.17, 15) is 9.90 Å². The predicted molar refractivity (Wildman–Crippen MR) is 104 cm³/mol. The summed E-state index contributed by atoms with van der Waals surface area (Å²) in [5, 5.41) is 9.87. The molecule has 2 aromatic rings. The van der Waals surface area contributed by atoms with Crippen LogP contribution in [0.1, 0.15) is 53.2 Å². The van der Waals surface area contributed by atoms with Crippen molar-refractivity contribution in [1.29, 1.82) is 0 Å². The average molecular weight is 366 g/mol. The molecule has 0 saturated carbocycles. The number of phenolic OH excluding ortho intramolecular Hbond substituents is 1. The highest BCUT2D eigenvalue weighted by atomic mass is 16.3. The van der Waals surface area contributed by atoms with Crippen molar-refractivity contribution >= 4 is 11.7 Å². The van der Waals surface area contributed by atoms with Gasteiger partial charge < -0.3 is 14.9 Å². The third-order valence-electron chi connectivity index (χ3n) is 5.76. The van der Waals surface area contributed by atoms with Crippen LogP contribution in [0.15, 0.2) is 30.6 Å². The third kappa shape index (κ3) is 3.75. The molecule has 4 rings (SSSR count). The maximum absolute atomic E-state index is 12.7. The molecule has 6 nitrogen and oxygen atoms in total. The van der Waals surface area contributed by atoms with Crippen LogP contribution in [-0.4, -0.2) is 52.1 Å². The van der Waals surface area contributed by atoms with Crippen molar-refractivity contribution in [2.24, 2.45) is 0 Å². The summed E-state index contributed by atoms with van der Waals surface area (Å²) in [7, 11) is 0. The van der Waals surface area contributed by atoms with E-state index in [-0.39, 0.29) is 11.7 Å². The lowest BCUT2D eigenvalue weighted by Gasteiger charge is -2.32. The largest absolute Gasteiger partial charge is 0.508 e. The summed E-state index contributed by atoms with van der Waals surface area (Å²) in [6.07, 6.45) is 5.94. The predicted octanol–water partition coefficient (Wildman–Crippen LogP) is 3.11. The molecule has 0 radical (unpaired) electrons. The van der Waals surface area contributed by atoms with Crippen LogP contribution >= 0.6 is 0 Å². The number of piperidine rings is 1. The van der Waals surface area contributed by atoms with Gasteiger partial charge in [0, 0.05) is 49.4 Å². The van der Waals surface area contributed by atoms with E-state index in [1.54, 1.807) is 24.5 Å². The standard InChI is InChI=1S/C21H26N4O2/c1-15-4-5-17(12-19(15)26)21(27)25-10-6-16(7-11-25)18-13-20(23-14-22-18)24-8-2-3-9-24/h4-5,12-14,16,26H,2-3,6-11H2,1H3. The van der Waals surface area contributed by atoms with E-state index in [4.69, 9.17) is 0 Å². The van der Waals surface area contributed by atoms with Gasteiger partial charge >= 0.3 is 0 Å². The van der Waals surface area contributed by atoms with E-state index in [0.717, 1.165) is 43.0 Å². The van der Waals surface area contributed by atoms with Crippen molar-refractivity contribution in [3.05, 3.63) is 47.4 Å². The molecule has 27 heavy (non-hydrogen) atoms. The van der Waals surface area contributed by atoms with Gasteiger partial charge in [-0.1, -0.05) is 6.07 Å². The highest BCUT2D eigenvalue weighted by Gasteiger charge is 2.26. The first-order valence-corrected chi connectivity index (χ1v) is 9.77. The first-order valence-electron chi connectivity index (χ1n) is 9.77. The number of likely N-dealkylation sites (tertiary alicyclic amines) is 1. The molecule has 0 atom stereocenters. The first kappa shape index (κ1) is 17.8. The van der Waals surface area contributed by atoms with E-state index >= 15 is 0 Å². The number of phenols is 1. The molecule has 0 spiro atoms. The van der Waals surface area contributed by atoms with Gasteiger partial charge in [0.15, 0.2) is 0 Å². The summed E-state index contributed by atoms with van der Waals surface area (Å²) in [6, 6.07) is 7.27. The minimum absolute atomic E-state index is 0.0100. The van der Waals surface area contributed by atoms with Crippen LogP contribution in [0.4, 0.5) is 5.82 Å². The van der Waals surface area contributed by atoms with Gasteiger partial charge in [0.2, 0.25) is 0 Å². The molecule has 142 valence electrons.